The van der Waals surface area contributed by atoms with E-state index in [1.54, 1.807) is 28.6 Å². The van der Waals surface area contributed by atoms with Crippen LogP contribution in [0.2, 0.25) is 0 Å². The number of benzene rings is 2. The Morgan fingerprint density at radius 1 is 0.971 bits per heavy atom. The van der Waals surface area contributed by atoms with Gasteiger partial charge in [-0.05, 0) is 42.7 Å². The molecular formula is C24H29N5O3S2. The van der Waals surface area contributed by atoms with Gasteiger partial charge in [-0.25, -0.2) is 8.42 Å². The fourth-order valence-corrected chi connectivity index (χ4v) is 6.12. The van der Waals surface area contributed by atoms with Crippen molar-refractivity contribution in [3.8, 4) is 0 Å². The maximum absolute atomic E-state index is 12.9. The van der Waals surface area contributed by atoms with Gasteiger partial charge >= 0.3 is 0 Å². The molecule has 0 radical (unpaired) electrons. The minimum absolute atomic E-state index is 0.172. The van der Waals surface area contributed by atoms with Crippen molar-refractivity contribution in [2.45, 2.75) is 42.2 Å². The van der Waals surface area contributed by atoms with E-state index in [2.05, 4.69) is 15.5 Å². The van der Waals surface area contributed by atoms with Gasteiger partial charge in [0.05, 0.1) is 10.6 Å². The SMILES string of the molecule is Cn1c(Cc2ccccc2)nnc1SCC(=O)Nc1ccc(S(=O)(=O)N2CCCCCC2)cc1. The van der Waals surface area contributed by atoms with E-state index in [0.29, 0.717) is 30.4 Å². The van der Waals surface area contributed by atoms with Crippen LogP contribution in [0.15, 0.2) is 64.6 Å². The van der Waals surface area contributed by atoms with Gasteiger partial charge in [0.25, 0.3) is 0 Å². The normalized spacial score (nSPS) is 15.1. The average molecular weight is 500 g/mol. The molecule has 34 heavy (non-hydrogen) atoms. The van der Waals surface area contributed by atoms with Crippen molar-refractivity contribution in [1.82, 2.24) is 19.1 Å². The van der Waals surface area contributed by atoms with Crippen LogP contribution in [-0.2, 0) is 28.3 Å². The quantitative estimate of drug-likeness (QED) is 0.475. The van der Waals surface area contributed by atoms with Crippen molar-refractivity contribution in [2.75, 3.05) is 24.2 Å². The fraction of sp³-hybridized carbons (Fsp3) is 0.375. The van der Waals surface area contributed by atoms with Gasteiger partial charge in [0, 0.05) is 32.2 Å². The Labute approximate surface area is 204 Å². The molecule has 1 aliphatic rings. The highest BCUT2D eigenvalue weighted by molar-refractivity contribution is 7.99. The molecule has 1 fully saturated rings. The molecule has 2 aromatic carbocycles. The van der Waals surface area contributed by atoms with Crippen LogP contribution in [0.5, 0.6) is 0 Å². The molecule has 1 aromatic heterocycles. The molecule has 0 saturated carbocycles. The lowest BCUT2D eigenvalue weighted by Crippen LogP contribution is -2.31. The summed E-state index contributed by atoms with van der Waals surface area (Å²) in [5.41, 5.74) is 1.71. The van der Waals surface area contributed by atoms with Crippen LogP contribution >= 0.6 is 11.8 Å². The number of sulfonamides is 1. The monoisotopic (exact) mass is 499 g/mol. The van der Waals surface area contributed by atoms with Crippen LogP contribution in [0.25, 0.3) is 0 Å². The van der Waals surface area contributed by atoms with Crippen molar-refractivity contribution < 1.29 is 13.2 Å². The zero-order chi connectivity index (χ0) is 24.0. The molecule has 0 aliphatic carbocycles. The number of aromatic nitrogens is 3. The van der Waals surface area contributed by atoms with E-state index < -0.39 is 10.0 Å². The Kier molecular flexibility index (Phi) is 8.02. The lowest BCUT2D eigenvalue weighted by atomic mass is 10.1. The lowest BCUT2D eigenvalue weighted by Gasteiger charge is -2.20. The predicted octanol–water partition coefficient (Wildman–Crippen LogP) is 3.70. The molecule has 0 atom stereocenters. The first-order valence-electron chi connectivity index (χ1n) is 11.4. The Hall–Kier alpha value is -2.69. The molecule has 1 N–H and O–H groups in total. The number of hydrogen-bond donors (Lipinski definition) is 1. The zero-order valence-corrected chi connectivity index (χ0v) is 20.8. The molecule has 3 aromatic rings. The Balaban J connectivity index is 1.31. The van der Waals surface area contributed by atoms with Gasteiger partial charge < -0.3 is 9.88 Å². The van der Waals surface area contributed by atoms with Crippen LogP contribution < -0.4 is 5.32 Å². The van der Waals surface area contributed by atoms with Crippen molar-refractivity contribution in [3.63, 3.8) is 0 Å². The van der Waals surface area contributed by atoms with Crippen LogP contribution in [0.4, 0.5) is 5.69 Å². The second kappa shape index (κ2) is 11.2. The van der Waals surface area contributed by atoms with Gasteiger partial charge in [0.15, 0.2) is 5.16 Å². The Morgan fingerprint density at radius 2 is 1.65 bits per heavy atom. The molecular weight excluding hydrogens is 470 g/mol. The highest BCUT2D eigenvalue weighted by Crippen LogP contribution is 2.22. The molecule has 4 rings (SSSR count). The summed E-state index contributed by atoms with van der Waals surface area (Å²) in [6, 6.07) is 16.4. The van der Waals surface area contributed by atoms with Crippen molar-refractivity contribution in [3.05, 3.63) is 66.0 Å². The molecule has 0 spiro atoms. The third-order valence-electron chi connectivity index (χ3n) is 5.80. The van der Waals surface area contributed by atoms with E-state index in [4.69, 9.17) is 0 Å². The van der Waals surface area contributed by atoms with Gasteiger partial charge in [-0.15, -0.1) is 10.2 Å². The zero-order valence-electron chi connectivity index (χ0n) is 19.2. The summed E-state index contributed by atoms with van der Waals surface area (Å²) in [6.07, 6.45) is 4.59. The highest BCUT2D eigenvalue weighted by Gasteiger charge is 2.25. The van der Waals surface area contributed by atoms with E-state index >= 15 is 0 Å². The molecule has 10 heteroatoms. The number of anilines is 1. The molecule has 8 nitrogen and oxygen atoms in total. The highest BCUT2D eigenvalue weighted by atomic mass is 32.2. The largest absolute Gasteiger partial charge is 0.325 e. The van der Waals surface area contributed by atoms with E-state index in [1.165, 1.54) is 11.8 Å². The number of amides is 1. The van der Waals surface area contributed by atoms with Crippen LogP contribution in [-0.4, -0.2) is 52.2 Å². The number of nitrogens with zero attached hydrogens (tertiary/aromatic N) is 4. The second-order valence-electron chi connectivity index (χ2n) is 8.30. The van der Waals surface area contributed by atoms with E-state index in [1.807, 2.05) is 41.9 Å². The van der Waals surface area contributed by atoms with Crippen LogP contribution in [0.1, 0.15) is 37.1 Å². The van der Waals surface area contributed by atoms with Crippen LogP contribution in [0.3, 0.4) is 0 Å². The number of hydrogen-bond acceptors (Lipinski definition) is 6. The number of carbonyl (C=O) groups is 1. The molecule has 1 aliphatic heterocycles. The van der Waals surface area contributed by atoms with Crippen molar-refractivity contribution >= 4 is 33.4 Å². The summed E-state index contributed by atoms with van der Waals surface area (Å²) >= 11 is 1.31. The summed E-state index contributed by atoms with van der Waals surface area (Å²) in [7, 11) is -1.61. The smallest absolute Gasteiger partial charge is 0.243 e. The van der Waals surface area contributed by atoms with Gasteiger partial charge in [0.2, 0.25) is 15.9 Å². The third-order valence-corrected chi connectivity index (χ3v) is 8.74. The Morgan fingerprint density at radius 3 is 2.32 bits per heavy atom. The maximum atomic E-state index is 12.9. The minimum Gasteiger partial charge on any atom is -0.325 e. The first-order valence-corrected chi connectivity index (χ1v) is 13.8. The van der Waals surface area contributed by atoms with Crippen LogP contribution in [0, 0.1) is 0 Å². The summed E-state index contributed by atoms with van der Waals surface area (Å²) in [6.45, 7) is 1.13. The number of thioether (sulfide) groups is 1. The summed E-state index contributed by atoms with van der Waals surface area (Å²) in [5.74, 6) is 0.807. The average Bonchev–Trinajstić information content (AvgIpc) is 3.03. The first kappa shape index (κ1) is 24.4. The number of carbonyl (C=O) groups excluding carboxylic acids is 1. The summed E-state index contributed by atoms with van der Waals surface area (Å²) in [4.78, 5) is 12.7. The predicted molar refractivity (Wildman–Crippen MR) is 133 cm³/mol. The molecule has 0 bridgehead atoms. The fourth-order valence-electron chi connectivity index (χ4n) is 3.87. The molecule has 2 heterocycles. The minimum atomic E-state index is -3.50. The molecule has 1 saturated heterocycles. The summed E-state index contributed by atoms with van der Waals surface area (Å²) in [5, 5.41) is 11.9. The van der Waals surface area contributed by atoms with Gasteiger partial charge in [0.1, 0.15) is 5.82 Å². The van der Waals surface area contributed by atoms with Crippen molar-refractivity contribution in [1.29, 1.82) is 0 Å². The van der Waals surface area contributed by atoms with Crippen molar-refractivity contribution in [2.24, 2.45) is 7.05 Å². The maximum Gasteiger partial charge on any atom is 0.243 e. The Bertz CT molecular complexity index is 1200. The number of nitrogens with one attached hydrogen (secondary N) is 1. The lowest BCUT2D eigenvalue weighted by molar-refractivity contribution is -0.113. The second-order valence-corrected chi connectivity index (χ2v) is 11.2. The first-order chi connectivity index (χ1) is 16.4. The van der Waals surface area contributed by atoms with Gasteiger partial charge in [-0.1, -0.05) is 54.9 Å². The topological polar surface area (TPSA) is 97.2 Å². The van der Waals surface area contributed by atoms with E-state index in [0.717, 1.165) is 37.1 Å². The standard InChI is InChI=1S/C24H29N5O3S2/c1-28-22(17-19-9-5-4-6-10-19)26-27-24(28)33-18-23(30)25-20-11-13-21(14-12-20)34(31,32)29-15-7-2-3-8-16-29/h4-6,9-14H,2-3,7-8,15-18H2,1H3,(H,25,30). The van der Waals surface area contributed by atoms with Gasteiger partial charge in [-0.2, -0.15) is 4.31 Å². The molecule has 1 amide bonds. The van der Waals surface area contributed by atoms with Gasteiger partial charge in [-0.3, -0.25) is 4.79 Å². The molecule has 0 unspecified atom stereocenters. The molecule has 180 valence electrons. The van der Waals surface area contributed by atoms with E-state index in [9.17, 15) is 13.2 Å². The third kappa shape index (κ3) is 6.05. The summed E-state index contributed by atoms with van der Waals surface area (Å²) < 4.78 is 29.3. The number of rotatable bonds is 8. The van der Waals surface area contributed by atoms with E-state index in [-0.39, 0.29) is 16.6 Å².